The van der Waals surface area contributed by atoms with Crippen molar-refractivity contribution in [3.8, 4) is 11.5 Å². The number of rotatable bonds is 6. The first-order chi connectivity index (χ1) is 15.3. The van der Waals surface area contributed by atoms with Gasteiger partial charge in [-0.15, -0.1) is 5.10 Å². The highest BCUT2D eigenvalue weighted by atomic mass is 32.2. The zero-order chi connectivity index (χ0) is 22.7. The van der Waals surface area contributed by atoms with Crippen LogP contribution in [0.2, 0.25) is 0 Å². The summed E-state index contributed by atoms with van der Waals surface area (Å²) in [4.78, 5) is 23.2. The molecule has 3 aromatic rings. The molecule has 1 aromatic heterocycles. The Morgan fingerprint density at radius 1 is 1.09 bits per heavy atom. The van der Waals surface area contributed by atoms with Crippen molar-refractivity contribution < 1.29 is 22.6 Å². The van der Waals surface area contributed by atoms with Crippen molar-refractivity contribution >= 4 is 27.6 Å². The first kappa shape index (κ1) is 21.6. The van der Waals surface area contributed by atoms with E-state index < -0.39 is 20.9 Å². The monoisotopic (exact) mass is 457 g/mol. The van der Waals surface area contributed by atoms with Gasteiger partial charge in [-0.2, -0.15) is 4.31 Å². The number of carbonyl (C=O) groups excluding carboxylic acids is 1. The first-order valence-electron chi connectivity index (χ1n) is 9.79. The van der Waals surface area contributed by atoms with Crippen LogP contribution in [0.4, 0.5) is 11.7 Å². The Balaban J connectivity index is 1.37. The third-order valence-corrected chi connectivity index (χ3v) is 7.08. The fourth-order valence-electron chi connectivity index (χ4n) is 3.45. The number of hydrogen-bond acceptors (Lipinski definition) is 8. The molecular formula is C20H19N5O6S. The largest absolute Gasteiger partial charge is 0.403 e. The fourth-order valence-corrected chi connectivity index (χ4v) is 4.94. The minimum Gasteiger partial charge on any atom is -0.403 e. The Labute approximate surface area is 183 Å². The third kappa shape index (κ3) is 4.50. The van der Waals surface area contributed by atoms with Gasteiger partial charge in [-0.25, -0.2) is 8.42 Å². The van der Waals surface area contributed by atoms with Gasteiger partial charge in [0.2, 0.25) is 21.8 Å². The number of hydrogen-bond donors (Lipinski definition) is 1. The first-order valence-corrected chi connectivity index (χ1v) is 11.2. The van der Waals surface area contributed by atoms with Gasteiger partial charge < -0.3 is 4.42 Å². The number of non-ortho nitro benzene ring substituents is 1. The second kappa shape index (κ2) is 8.85. The fraction of sp³-hybridized carbons (Fsp3) is 0.250. The molecule has 1 amide bonds. The van der Waals surface area contributed by atoms with Crippen LogP contribution in [0.15, 0.2) is 63.9 Å². The van der Waals surface area contributed by atoms with Crippen molar-refractivity contribution in [3.05, 3.63) is 64.7 Å². The van der Waals surface area contributed by atoms with E-state index in [2.05, 4.69) is 15.5 Å². The number of sulfonamides is 1. The molecule has 0 atom stereocenters. The summed E-state index contributed by atoms with van der Waals surface area (Å²) < 4.78 is 32.2. The summed E-state index contributed by atoms with van der Waals surface area (Å²) in [5, 5.41) is 21.1. The lowest BCUT2D eigenvalue weighted by Gasteiger charge is -2.30. The number of nitrogens with one attached hydrogen (secondary N) is 1. The average Bonchev–Trinajstić information content (AvgIpc) is 3.28. The van der Waals surface area contributed by atoms with Gasteiger partial charge in [0.05, 0.1) is 9.82 Å². The van der Waals surface area contributed by atoms with Crippen LogP contribution in [-0.2, 0) is 14.8 Å². The standard InChI is InChI=1S/C20H19N5O6S/c26-18(14-9-11-24(12-10-14)32(29,30)17-7-2-1-3-8-17)21-20-23-22-19(31-20)15-5-4-6-16(13-15)25(27)28/h1-8,13-14H,9-12H2,(H,21,23,26). The van der Waals surface area contributed by atoms with E-state index in [1.54, 1.807) is 36.4 Å². The number of nitrogens with zero attached hydrogens (tertiary/aromatic N) is 4. The van der Waals surface area contributed by atoms with Crippen molar-refractivity contribution in [2.75, 3.05) is 18.4 Å². The van der Waals surface area contributed by atoms with Gasteiger partial charge in [0, 0.05) is 36.7 Å². The highest BCUT2D eigenvalue weighted by Gasteiger charge is 2.32. The number of anilines is 1. The number of amides is 1. The van der Waals surface area contributed by atoms with E-state index in [4.69, 9.17) is 4.42 Å². The second-order valence-corrected chi connectivity index (χ2v) is 9.14. The smallest absolute Gasteiger partial charge is 0.322 e. The van der Waals surface area contributed by atoms with Crippen LogP contribution in [0, 0.1) is 16.0 Å². The van der Waals surface area contributed by atoms with Crippen molar-refractivity contribution in [2.24, 2.45) is 5.92 Å². The van der Waals surface area contributed by atoms with E-state index in [0.717, 1.165) is 0 Å². The maximum absolute atomic E-state index is 12.7. The summed E-state index contributed by atoms with van der Waals surface area (Å²) in [6.07, 6.45) is 0.702. The number of aromatic nitrogens is 2. The lowest BCUT2D eigenvalue weighted by molar-refractivity contribution is -0.384. The molecule has 1 aliphatic rings. The second-order valence-electron chi connectivity index (χ2n) is 7.20. The molecule has 1 fully saturated rings. The lowest BCUT2D eigenvalue weighted by atomic mass is 9.97. The van der Waals surface area contributed by atoms with Crippen LogP contribution in [0.1, 0.15) is 12.8 Å². The predicted octanol–water partition coefficient (Wildman–Crippen LogP) is 2.68. The van der Waals surface area contributed by atoms with Crippen molar-refractivity contribution in [1.82, 2.24) is 14.5 Å². The maximum Gasteiger partial charge on any atom is 0.322 e. The Morgan fingerprint density at radius 3 is 2.50 bits per heavy atom. The van der Waals surface area contributed by atoms with E-state index >= 15 is 0 Å². The van der Waals surface area contributed by atoms with Crippen LogP contribution in [0.3, 0.4) is 0 Å². The van der Waals surface area contributed by atoms with E-state index in [-0.39, 0.29) is 41.5 Å². The summed E-state index contributed by atoms with van der Waals surface area (Å²) >= 11 is 0. The molecule has 1 aliphatic heterocycles. The number of nitro groups is 1. The minimum absolute atomic E-state index is 0.0350. The van der Waals surface area contributed by atoms with Gasteiger partial charge in [0.25, 0.3) is 5.69 Å². The van der Waals surface area contributed by atoms with Crippen LogP contribution < -0.4 is 5.32 Å². The maximum atomic E-state index is 12.7. The van der Waals surface area contributed by atoms with E-state index in [1.807, 2.05) is 0 Å². The third-order valence-electron chi connectivity index (χ3n) is 5.16. The van der Waals surface area contributed by atoms with Gasteiger partial charge in [-0.1, -0.05) is 29.4 Å². The van der Waals surface area contributed by atoms with Gasteiger partial charge >= 0.3 is 6.01 Å². The summed E-state index contributed by atoms with van der Waals surface area (Å²) in [6, 6.07) is 13.7. The number of piperidine rings is 1. The molecule has 12 heteroatoms. The van der Waals surface area contributed by atoms with Gasteiger partial charge in [0.15, 0.2) is 0 Å². The zero-order valence-corrected chi connectivity index (χ0v) is 17.6. The van der Waals surface area contributed by atoms with Crippen LogP contribution in [0.25, 0.3) is 11.5 Å². The molecule has 0 bridgehead atoms. The lowest BCUT2D eigenvalue weighted by Crippen LogP contribution is -2.41. The molecule has 2 heterocycles. The van der Waals surface area contributed by atoms with Crippen molar-refractivity contribution in [3.63, 3.8) is 0 Å². The molecule has 1 N–H and O–H groups in total. The number of benzene rings is 2. The Bertz CT molecular complexity index is 1240. The molecule has 0 saturated carbocycles. The van der Waals surface area contributed by atoms with Gasteiger partial charge in [0.1, 0.15) is 0 Å². The molecular weight excluding hydrogens is 438 g/mol. The molecule has 0 aliphatic carbocycles. The van der Waals surface area contributed by atoms with E-state index in [9.17, 15) is 23.3 Å². The topological polar surface area (TPSA) is 149 Å². The van der Waals surface area contributed by atoms with Gasteiger partial charge in [-0.05, 0) is 31.0 Å². The average molecular weight is 457 g/mol. The van der Waals surface area contributed by atoms with Crippen LogP contribution in [0.5, 0.6) is 0 Å². The highest BCUT2D eigenvalue weighted by Crippen LogP contribution is 2.26. The van der Waals surface area contributed by atoms with Gasteiger partial charge in [-0.3, -0.25) is 20.2 Å². The molecule has 1 saturated heterocycles. The molecule has 32 heavy (non-hydrogen) atoms. The zero-order valence-electron chi connectivity index (χ0n) is 16.7. The quantitative estimate of drug-likeness (QED) is 0.439. The summed E-state index contributed by atoms with van der Waals surface area (Å²) in [5.74, 6) is -0.728. The Kier molecular flexibility index (Phi) is 5.97. The molecule has 11 nitrogen and oxygen atoms in total. The molecule has 166 valence electrons. The van der Waals surface area contributed by atoms with Crippen LogP contribution in [-0.4, -0.2) is 46.8 Å². The van der Waals surface area contributed by atoms with E-state index in [1.165, 1.54) is 22.5 Å². The molecule has 0 radical (unpaired) electrons. The minimum atomic E-state index is -3.59. The Hall–Kier alpha value is -3.64. The van der Waals surface area contributed by atoms with Crippen molar-refractivity contribution in [2.45, 2.75) is 17.7 Å². The summed E-state index contributed by atoms with van der Waals surface area (Å²) in [6.45, 7) is 0.441. The van der Waals surface area contributed by atoms with Crippen molar-refractivity contribution in [1.29, 1.82) is 0 Å². The van der Waals surface area contributed by atoms with E-state index in [0.29, 0.717) is 18.4 Å². The number of carbonyl (C=O) groups is 1. The molecule has 2 aromatic carbocycles. The van der Waals surface area contributed by atoms with Crippen LogP contribution >= 0.6 is 0 Å². The predicted molar refractivity (Wildman–Crippen MR) is 113 cm³/mol. The Morgan fingerprint density at radius 2 is 1.81 bits per heavy atom. The molecule has 0 spiro atoms. The summed E-state index contributed by atoms with van der Waals surface area (Å²) in [7, 11) is -3.59. The normalized spacial score (nSPS) is 15.4. The molecule has 0 unspecified atom stereocenters. The molecule has 4 rings (SSSR count). The number of nitro benzene ring substituents is 1. The summed E-state index contributed by atoms with van der Waals surface area (Å²) in [5.41, 5.74) is 0.232. The highest BCUT2D eigenvalue weighted by molar-refractivity contribution is 7.89. The SMILES string of the molecule is O=C(Nc1nnc(-c2cccc([N+](=O)[O-])c2)o1)C1CCN(S(=O)(=O)c2ccccc2)CC1.